The molecule has 3 amide bonds. The van der Waals surface area contributed by atoms with Crippen molar-refractivity contribution in [1.29, 1.82) is 0 Å². The number of nitrogens with zero attached hydrogens (tertiary/aromatic N) is 3. The first-order chi connectivity index (χ1) is 21.3. The van der Waals surface area contributed by atoms with Gasteiger partial charge in [-0.25, -0.2) is 9.59 Å². The lowest BCUT2D eigenvalue weighted by atomic mass is 9.93. The average molecular weight is 650 g/mol. The van der Waals surface area contributed by atoms with Crippen molar-refractivity contribution in [3.8, 4) is 11.1 Å². The van der Waals surface area contributed by atoms with Crippen LogP contribution >= 0.6 is 34.8 Å². The Labute approximate surface area is 271 Å². The molecule has 0 radical (unpaired) electrons. The molecule has 0 spiro atoms. The Hall–Kier alpha value is -3.75. The number of urea groups is 1. The molecule has 226 valence electrons. The SMILES string of the molecule is CC1CN(Cc2cc(-c3ccccc3Cl)c3c(c2)N(c2c(Cl)cccc2Cl)C(=O)NC3)CCN1C(=O)OCc1ccccc1. The van der Waals surface area contributed by atoms with Crippen LogP contribution in [0.2, 0.25) is 15.1 Å². The number of halogens is 3. The van der Waals surface area contributed by atoms with Gasteiger partial charge < -0.3 is 15.0 Å². The maximum atomic E-state index is 13.4. The van der Waals surface area contributed by atoms with Gasteiger partial charge in [0.25, 0.3) is 0 Å². The zero-order chi connectivity index (χ0) is 30.8. The number of amides is 3. The summed E-state index contributed by atoms with van der Waals surface area (Å²) in [6.45, 7) is 5.09. The maximum absolute atomic E-state index is 13.4. The third-order valence-corrected chi connectivity index (χ3v) is 8.97. The summed E-state index contributed by atoms with van der Waals surface area (Å²) in [6, 6.07) is 26.3. The highest BCUT2D eigenvalue weighted by molar-refractivity contribution is 6.40. The van der Waals surface area contributed by atoms with Crippen molar-refractivity contribution >= 4 is 58.3 Å². The predicted molar refractivity (Wildman–Crippen MR) is 176 cm³/mol. The lowest BCUT2D eigenvalue weighted by molar-refractivity contribution is 0.0458. The van der Waals surface area contributed by atoms with Crippen molar-refractivity contribution in [3.05, 3.63) is 117 Å². The average Bonchev–Trinajstić information content (AvgIpc) is 3.01. The zero-order valence-corrected chi connectivity index (χ0v) is 26.4. The van der Waals surface area contributed by atoms with Crippen LogP contribution in [-0.2, 0) is 24.4 Å². The molecule has 1 atom stereocenters. The van der Waals surface area contributed by atoms with Crippen LogP contribution in [-0.4, -0.2) is 47.6 Å². The first-order valence-corrected chi connectivity index (χ1v) is 15.6. The number of benzene rings is 4. The van der Waals surface area contributed by atoms with Crippen LogP contribution < -0.4 is 10.2 Å². The predicted octanol–water partition coefficient (Wildman–Crippen LogP) is 8.52. The quantitative estimate of drug-likeness (QED) is 0.227. The van der Waals surface area contributed by atoms with Gasteiger partial charge in [0.2, 0.25) is 0 Å². The van der Waals surface area contributed by atoms with Crippen molar-refractivity contribution in [2.24, 2.45) is 0 Å². The van der Waals surface area contributed by atoms with Gasteiger partial charge >= 0.3 is 12.1 Å². The Balaban J connectivity index is 1.29. The van der Waals surface area contributed by atoms with Gasteiger partial charge in [-0.1, -0.05) is 89.4 Å². The highest BCUT2D eigenvalue weighted by Gasteiger charge is 2.33. The van der Waals surface area contributed by atoms with E-state index in [0.717, 1.165) is 27.8 Å². The monoisotopic (exact) mass is 648 g/mol. The zero-order valence-electron chi connectivity index (χ0n) is 24.1. The Bertz CT molecular complexity index is 1680. The summed E-state index contributed by atoms with van der Waals surface area (Å²) in [5.41, 5.74) is 5.78. The van der Waals surface area contributed by atoms with E-state index in [4.69, 9.17) is 39.5 Å². The highest BCUT2D eigenvalue weighted by Crippen LogP contribution is 2.44. The number of carbonyl (C=O) groups is 2. The molecule has 2 aliphatic rings. The summed E-state index contributed by atoms with van der Waals surface area (Å²) in [6.07, 6.45) is -0.311. The molecule has 1 unspecified atom stereocenters. The molecule has 0 bridgehead atoms. The molecule has 4 aromatic carbocycles. The highest BCUT2D eigenvalue weighted by atomic mass is 35.5. The number of rotatable bonds is 6. The number of anilines is 2. The third kappa shape index (κ3) is 6.24. The molecule has 1 N–H and O–H groups in total. The van der Waals surface area contributed by atoms with Crippen LogP contribution in [0.4, 0.5) is 21.0 Å². The molecule has 10 heteroatoms. The molecule has 0 saturated carbocycles. The number of ether oxygens (including phenoxy) is 1. The minimum Gasteiger partial charge on any atom is -0.445 e. The number of nitrogens with one attached hydrogen (secondary N) is 1. The van der Waals surface area contributed by atoms with Crippen molar-refractivity contribution < 1.29 is 14.3 Å². The fraction of sp³-hybridized carbons (Fsp3) is 0.235. The minimum atomic E-state index is -0.314. The molecular formula is C34H31Cl3N4O3. The smallest absolute Gasteiger partial charge is 0.410 e. The summed E-state index contributed by atoms with van der Waals surface area (Å²) in [5.74, 6) is 0. The van der Waals surface area contributed by atoms with Gasteiger partial charge in [0.05, 0.1) is 21.4 Å². The van der Waals surface area contributed by atoms with E-state index in [2.05, 4.69) is 16.3 Å². The maximum Gasteiger partial charge on any atom is 0.410 e. The van der Waals surface area contributed by atoms with Gasteiger partial charge in [0.15, 0.2) is 0 Å². The molecule has 44 heavy (non-hydrogen) atoms. The van der Waals surface area contributed by atoms with Crippen molar-refractivity contribution in [3.63, 3.8) is 0 Å². The van der Waals surface area contributed by atoms with Gasteiger partial charge in [0.1, 0.15) is 6.61 Å². The van der Waals surface area contributed by atoms with Crippen LogP contribution in [0.25, 0.3) is 11.1 Å². The molecule has 7 nitrogen and oxygen atoms in total. The number of fused-ring (bicyclic) bond motifs is 1. The number of carbonyl (C=O) groups excluding carboxylic acids is 2. The molecule has 2 aliphatic heterocycles. The Morgan fingerprint density at radius 1 is 0.864 bits per heavy atom. The van der Waals surface area contributed by atoms with E-state index in [1.54, 1.807) is 28.0 Å². The minimum absolute atomic E-state index is 0.0445. The van der Waals surface area contributed by atoms with E-state index in [1.165, 1.54) is 0 Å². The van der Waals surface area contributed by atoms with Crippen LogP contribution in [0.3, 0.4) is 0 Å². The van der Waals surface area contributed by atoms with E-state index >= 15 is 0 Å². The largest absolute Gasteiger partial charge is 0.445 e. The second-order valence-electron chi connectivity index (χ2n) is 11.0. The molecule has 1 saturated heterocycles. The second kappa shape index (κ2) is 13.1. The molecule has 6 rings (SSSR count). The Morgan fingerprint density at radius 2 is 1.57 bits per heavy atom. The van der Waals surface area contributed by atoms with Gasteiger partial charge in [-0.15, -0.1) is 0 Å². The second-order valence-corrected chi connectivity index (χ2v) is 12.2. The number of hydrogen-bond acceptors (Lipinski definition) is 4. The number of piperazine rings is 1. The molecule has 1 fully saturated rings. The third-order valence-electron chi connectivity index (χ3n) is 8.03. The Morgan fingerprint density at radius 3 is 2.30 bits per heavy atom. The lowest BCUT2D eigenvalue weighted by Gasteiger charge is -2.39. The summed E-state index contributed by atoms with van der Waals surface area (Å²) < 4.78 is 5.60. The van der Waals surface area contributed by atoms with Crippen LogP contribution in [0.15, 0.2) is 84.9 Å². The topological polar surface area (TPSA) is 65.1 Å². The van der Waals surface area contributed by atoms with Crippen molar-refractivity contribution in [2.75, 3.05) is 24.5 Å². The van der Waals surface area contributed by atoms with Gasteiger partial charge in [0, 0.05) is 54.9 Å². The van der Waals surface area contributed by atoms with Gasteiger partial charge in [-0.05, 0) is 53.9 Å². The van der Waals surface area contributed by atoms with Gasteiger partial charge in [-0.3, -0.25) is 9.80 Å². The number of hydrogen-bond donors (Lipinski definition) is 1. The number of para-hydroxylation sites is 1. The first-order valence-electron chi connectivity index (χ1n) is 14.4. The van der Waals surface area contributed by atoms with Crippen molar-refractivity contribution in [2.45, 2.75) is 32.7 Å². The molecule has 2 heterocycles. The summed E-state index contributed by atoms with van der Waals surface area (Å²) >= 11 is 19.9. The summed E-state index contributed by atoms with van der Waals surface area (Å²) in [7, 11) is 0. The van der Waals surface area contributed by atoms with Crippen molar-refractivity contribution in [1.82, 2.24) is 15.1 Å². The van der Waals surface area contributed by atoms with E-state index in [-0.39, 0.29) is 24.8 Å². The van der Waals surface area contributed by atoms with E-state index in [0.29, 0.717) is 59.2 Å². The standard InChI is InChI=1S/C34H31Cl3N4O3/c1-22-19-39(14-15-40(22)34(43)44-21-23-8-3-2-4-9-23)20-24-16-26(25-10-5-6-11-28(25)35)27-18-38-33(42)41(31(27)17-24)32-29(36)12-7-13-30(32)37/h2-13,16-17,22H,14-15,18-21H2,1H3,(H,38,42). The summed E-state index contributed by atoms with van der Waals surface area (Å²) in [5, 5.41) is 4.33. The van der Waals surface area contributed by atoms with Crippen LogP contribution in [0, 0.1) is 0 Å². The molecule has 0 aliphatic carbocycles. The Kier molecular flexibility index (Phi) is 9.01. The fourth-order valence-corrected chi connectivity index (χ4v) is 6.70. The normalized spacial score (nSPS) is 16.8. The summed E-state index contributed by atoms with van der Waals surface area (Å²) in [4.78, 5) is 31.9. The van der Waals surface area contributed by atoms with Gasteiger partial charge in [-0.2, -0.15) is 0 Å². The lowest BCUT2D eigenvalue weighted by Crippen LogP contribution is -2.53. The van der Waals surface area contributed by atoms with E-state index in [1.807, 2.05) is 67.6 Å². The van der Waals surface area contributed by atoms with Crippen LogP contribution in [0.1, 0.15) is 23.6 Å². The molecule has 4 aromatic rings. The van der Waals surface area contributed by atoms with Crippen LogP contribution in [0.5, 0.6) is 0 Å². The first kappa shape index (κ1) is 30.3. The van der Waals surface area contributed by atoms with E-state index in [9.17, 15) is 9.59 Å². The fourth-order valence-electron chi connectivity index (χ4n) is 5.90. The molecule has 0 aromatic heterocycles. The molecular weight excluding hydrogens is 619 g/mol. The van der Waals surface area contributed by atoms with E-state index < -0.39 is 0 Å².